The molecule has 8 heteroatoms. The van der Waals surface area contributed by atoms with Crippen molar-refractivity contribution in [2.45, 2.75) is 40.3 Å². The molecule has 0 spiro atoms. The van der Waals surface area contributed by atoms with E-state index < -0.39 is 0 Å². The molecule has 0 atom stereocenters. The average Bonchev–Trinajstić information content (AvgIpc) is 3.11. The molecule has 0 saturated heterocycles. The first kappa shape index (κ1) is 23.3. The second kappa shape index (κ2) is 10.8. The Bertz CT molecular complexity index is 1120. The van der Waals surface area contributed by atoms with Crippen LogP contribution in [0.1, 0.15) is 40.5 Å². The number of carbonyl (C=O) groups is 1. The Morgan fingerprint density at radius 3 is 2.75 bits per heavy atom. The van der Waals surface area contributed by atoms with Crippen molar-refractivity contribution in [1.82, 2.24) is 15.1 Å². The van der Waals surface area contributed by atoms with Crippen molar-refractivity contribution in [2.24, 2.45) is 4.99 Å². The van der Waals surface area contributed by atoms with Gasteiger partial charge >= 0.3 is 0 Å². The van der Waals surface area contributed by atoms with E-state index in [1.807, 2.05) is 42.9 Å². The SMILES string of the molecule is CCCn1cc(CN=C(NC(=O)c2cccc(Cl)c2)Nc2cc(C)ccc2OC)c(C)n1. The number of aliphatic imine (C=N–C) groups is 1. The number of benzene rings is 2. The van der Waals surface area contributed by atoms with Crippen LogP contribution in [-0.4, -0.2) is 28.8 Å². The predicted octanol–water partition coefficient (Wildman–Crippen LogP) is 4.97. The molecule has 0 unspecified atom stereocenters. The molecule has 32 heavy (non-hydrogen) atoms. The number of rotatable bonds is 7. The van der Waals surface area contributed by atoms with E-state index in [0.29, 0.717) is 34.5 Å². The van der Waals surface area contributed by atoms with Gasteiger partial charge in [-0.1, -0.05) is 30.7 Å². The highest BCUT2D eigenvalue weighted by Gasteiger charge is 2.13. The maximum Gasteiger partial charge on any atom is 0.258 e. The molecule has 168 valence electrons. The summed E-state index contributed by atoms with van der Waals surface area (Å²) in [5.41, 5.74) is 4.10. The van der Waals surface area contributed by atoms with Gasteiger partial charge in [0, 0.05) is 28.9 Å². The number of guanidine groups is 1. The Hall–Kier alpha value is -3.32. The van der Waals surface area contributed by atoms with Gasteiger partial charge < -0.3 is 10.1 Å². The van der Waals surface area contributed by atoms with Crippen molar-refractivity contribution in [3.63, 3.8) is 0 Å². The molecule has 1 amide bonds. The van der Waals surface area contributed by atoms with Crippen LogP contribution in [0.25, 0.3) is 0 Å². The van der Waals surface area contributed by atoms with Gasteiger partial charge in [0.25, 0.3) is 5.91 Å². The minimum absolute atomic E-state index is 0.307. The molecule has 0 saturated carbocycles. The van der Waals surface area contributed by atoms with Crippen molar-refractivity contribution in [3.05, 3.63) is 76.1 Å². The molecule has 7 nitrogen and oxygen atoms in total. The third-order valence-corrected chi connectivity index (χ3v) is 5.07. The lowest BCUT2D eigenvalue weighted by Crippen LogP contribution is -2.36. The van der Waals surface area contributed by atoms with Crippen molar-refractivity contribution < 1.29 is 9.53 Å². The zero-order valence-corrected chi connectivity index (χ0v) is 19.5. The Kier molecular flexibility index (Phi) is 7.89. The number of halogens is 1. The van der Waals surface area contributed by atoms with Crippen LogP contribution >= 0.6 is 11.6 Å². The number of nitrogens with zero attached hydrogens (tertiary/aromatic N) is 3. The number of carbonyl (C=O) groups excluding carboxylic acids is 1. The second-order valence-corrected chi connectivity index (χ2v) is 7.90. The van der Waals surface area contributed by atoms with Gasteiger partial charge in [-0.15, -0.1) is 0 Å². The summed E-state index contributed by atoms with van der Waals surface area (Å²) >= 11 is 6.05. The first-order valence-electron chi connectivity index (χ1n) is 10.5. The third kappa shape index (κ3) is 6.11. The molecule has 0 fully saturated rings. The first-order valence-corrected chi connectivity index (χ1v) is 10.8. The van der Waals surface area contributed by atoms with Crippen molar-refractivity contribution in [3.8, 4) is 5.75 Å². The van der Waals surface area contributed by atoms with Crippen molar-refractivity contribution in [1.29, 1.82) is 0 Å². The van der Waals surface area contributed by atoms with E-state index in [9.17, 15) is 4.79 Å². The molecule has 3 aromatic rings. The number of amides is 1. The largest absolute Gasteiger partial charge is 0.495 e. The minimum Gasteiger partial charge on any atom is -0.495 e. The van der Waals surface area contributed by atoms with E-state index in [1.165, 1.54) is 0 Å². The zero-order chi connectivity index (χ0) is 23.1. The highest BCUT2D eigenvalue weighted by atomic mass is 35.5. The molecule has 1 heterocycles. The van der Waals surface area contributed by atoms with Gasteiger partial charge in [0.2, 0.25) is 5.96 Å². The normalized spacial score (nSPS) is 11.3. The summed E-state index contributed by atoms with van der Waals surface area (Å²) in [5.74, 6) is 0.637. The molecule has 1 aromatic heterocycles. The predicted molar refractivity (Wildman–Crippen MR) is 129 cm³/mol. The van der Waals surface area contributed by atoms with Gasteiger partial charge in [-0.25, -0.2) is 4.99 Å². The van der Waals surface area contributed by atoms with Gasteiger partial charge in [0.15, 0.2) is 0 Å². The Morgan fingerprint density at radius 2 is 2.03 bits per heavy atom. The van der Waals surface area contributed by atoms with Crippen LogP contribution in [0, 0.1) is 13.8 Å². The number of aryl methyl sites for hydroxylation is 3. The molecule has 0 radical (unpaired) electrons. The number of anilines is 1. The molecule has 2 N–H and O–H groups in total. The summed E-state index contributed by atoms with van der Waals surface area (Å²) in [5, 5.41) is 11.1. The standard InChI is InChI=1S/C24H28ClN5O2/c1-5-11-30-15-19(17(3)29-30)14-26-24(27-21-12-16(2)9-10-22(21)32-4)28-23(31)18-7-6-8-20(25)13-18/h6-10,12-13,15H,5,11,14H2,1-4H3,(H2,26,27,28,31). The molecule has 0 aliphatic carbocycles. The fourth-order valence-electron chi connectivity index (χ4n) is 3.19. The lowest BCUT2D eigenvalue weighted by Gasteiger charge is -2.15. The molecular formula is C24H28ClN5O2. The van der Waals surface area contributed by atoms with Crippen molar-refractivity contribution in [2.75, 3.05) is 12.4 Å². The van der Waals surface area contributed by atoms with Gasteiger partial charge in [-0.2, -0.15) is 5.10 Å². The smallest absolute Gasteiger partial charge is 0.258 e. The Morgan fingerprint density at radius 1 is 1.22 bits per heavy atom. The molecule has 2 aromatic carbocycles. The monoisotopic (exact) mass is 453 g/mol. The van der Waals surface area contributed by atoms with Gasteiger partial charge in [0.1, 0.15) is 5.75 Å². The molecule has 0 aliphatic heterocycles. The lowest BCUT2D eigenvalue weighted by molar-refractivity contribution is 0.0977. The maximum atomic E-state index is 12.8. The fourth-order valence-corrected chi connectivity index (χ4v) is 3.38. The van der Waals surface area contributed by atoms with E-state index in [0.717, 1.165) is 29.8 Å². The highest BCUT2D eigenvalue weighted by molar-refractivity contribution is 6.31. The van der Waals surface area contributed by atoms with Crippen LogP contribution in [0.15, 0.2) is 53.7 Å². The van der Waals surface area contributed by atoms with Crippen LogP contribution in [0.3, 0.4) is 0 Å². The lowest BCUT2D eigenvalue weighted by atomic mass is 10.2. The van der Waals surface area contributed by atoms with E-state index >= 15 is 0 Å². The summed E-state index contributed by atoms with van der Waals surface area (Å²) in [6.07, 6.45) is 2.99. The number of hydrogen-bond donors (Lipinski definition) is 2. The van der Waals surface area contributed by atoms with Crippen LogP contribution in [0.2, 0.25) is 5.02 Å². The number of ether oxygens (including phenoxy) is 1. The third-order valence-electron chi connectivity index (χ3n) is 4.84. The quantitative estimate of drug-likeness (QED) is 0.391. The second-order valence-electron chi connectivity index (χ2n) is 7.46. The van der Waals surface area contributed by atoms with Crippen LogP contribution in [0.5, 0.6) is 5.75 Å². The number of nitrogens with one attached hydrogen (secondary N) is 2. The van der Waals surface area contributed by atoms with Gasteiger partial charge in [-0.3, -0.25) is 14.8 Å². The number of hydrogen-bond acceptors (Lipinski definition) is 4. The van der Waals surface area contributed by atoms with E-state index in [1.54, 1.807) is 31.4 Å². The summed E-state index contributed by atoms with van der Waals surface area (Å²) in [6.45, 7) is 7.26. The highest BCUT2D eigenvalue weighted by Crippen LogP contribution is 2.25. The first-order chi connectivity index (χ1) is 15.4. The molecule has 0 bridgehead atoms. The summed E-state index contributed by atoms with van der Waals surface area (Å²) in [7, 11) is 1.60. The maximum absolute atomic E-state index is 12.8. The summed E-state index contributed by atoms with van der Waals surface area (Å²) in [4.78, 5) is 17.5. The Labute approximate surface area is 193 Å². The van der Waals surface area contributed by atoms with E-state index in [2.05, 4.69) is 27.6 Å². The van der Waals surface area contributed by atoms with Crippen LogP contribution in [0.4, 0.5) is 5.69 Å². The van der Waals surface area contributed by atoms with Crippen molar-refractivity contribution >= 4 is 29.2 Å². The molecule has 0 aliphatic rings. The fraction of sp³-hybridized carbons (Fsp3) is 0.292. The molecular weight excluding hydrogens is 426 g/mol. The minimum atomic E-state index is -0.316. The zero-order valence-electron chi connectivity index (χ0n) is 18.8. The van der Waals surface area contributed by atoms with E-state index in [-0.39, 0.29) is 5.91 Å². The average molecular weight is 454 g/mol. The summed E-state index contributed by atoms with van der Waals surface area (Å²) < 4.78 is 7.38. The van der Waals surface area contributed by atoms with Gasteiger partial charge in [0.05, 0.1) is 25.0 Å². The summed E-state index contributed by atoms with van der Waals surface area (Å²) in [6, 6.07) is 12.5. The molecule has 3 rings (SSSR count). The number of aromatic nitrogens is 2. The Balaban J connectivity index is 1.89. The van der Waals surface area contributed by atoms with Crippen LogP contribution in [-0.2, 0) is 13.1 Å². The number of methoxy groups -OCH3 is 1. The van der Waals surface area contributed by atoms with Gasteiger partial charge in [-0.05, 0) is 56.2 Å². The van der Waals surface area contributed by atoms with Crippen LogP contribution < -0.4 is 15.4 Å². The topological polar surface area (TPSA) is 80.5 Å². The van der Waals surface area contributed by atoms with E-state index in [4.69, 9.17) is 16.3 Å².